The number of hydrogen-bond donors (Lipinski definition) is 0. The third-order valence-electron chi connectivity index (χ3n) is 2.76. The van der Waals surface area contributed by atoms with E-state index in [0.29, 0.717) is 0 Å². The van der Waals surface area contributed by atoms with Crippen LogP contribution in [0, 0.1) is 0 Å². The first kappa shape index (κ1) is 18.5. The van der Waals surface area contributed by atoms with Gasteiger partial charge in [-0.05, 0) is 41.0 Å². The van der Waals surface area contributed by atoms with Crippen LogP contribution in [0.1, 0.15) is 38.8 Å². The minimum Gasteiger partial charge on any atom is -0.0905 e. The second-order valence-electron chi connectivity index (χ2n) is 3.86. The Hall–Kier alpha value is -0.510. The zero-order chi connectivity index (χ0) is 16.0. The van der Waals surface area contributed by atoms with E-state index >= 15 is 0 Å². The minimum absolute atomic E-state index is 1.11. The largest absolute Gasteiger partial charge is 0.0905 e. The van der Waals surface area contributed by atoms with Gasteiger partial charge in [0.2, 0.25) is 0 Å². The van der Waals surface area contributed by atoms with Crippen molar-refractivity contribution in [1.82, 2.24) is 0 Å². The maximum absolute atomic E-state index is 4.21. The lowest BCUT2D eigenvalue weighted by molar-refractivity contribution is 1.28. The summed E-state index contributed by atoms with van der Waals surface area (Å²) >= 11 is 8.82. The molecule has 0 bridgehead atoms. The van der Waals surface area contributed by atoms with Crippen molar-refractivity contribution in [2.75, 3.05) is 0 Å². The monoisotopic (exact) mass is 426 g/mol. The van der Waals surface area contributed by atoms with Crippen LogP contribution in [0.2, 0.25) is 0 Å². The summed E-state index contributed by atoms with van der Waals surface area (Å²) in [6.07, 6.45) is 0. The van der Waals surface area contributed by atoms with E-state index in [1.807, 2.05) is 27.7 Å². The second-order valence-corrected chi connectivity index (χ2v) is 6.78. The van der Waals surface area contributed by atoms with Crippen molar-refractivity contribution in [3.05, 3.63) is 63.0 Å². The maximum Gasteiger partial charge on any atom is 0.0212 e. The van der Waals surface area contributed by atoms with E-state index in [2.05, 4.69) is 74.8 Å². The van der Waals surface area contributed by atoms with Crippen LogP contribution in [0.3, 0.4) is 0 Å². The SMILES string of the molecule is C=C1c2ccc(Br)cc2Sc2cc(Br)ccc21.CC.CC. The molecule has 0 nitrogen and oxygen atoms in total. The summed E-state index contributed by atoms with van der Waals surface area (Å²) in [6.45, 7) is 12.2. The smallest absolute Gasteiger partial charge is 0.0212 e. The predicted octanol–water partition coefficient (Wildman–Crippen LogP) is 7.79. The fraction of sp³-hybridized carbons (Fsp3) is 0.222. The third kappa shape index (κ3) is 4.24. The first-order valence-electron chi connectivity index (χ1n) is 7.12. The molecular formula is C18H20Br2S. The molecule has 0 unspecified atom stereocenters. The molecule has 0 saturated heterocycles. The Morgan fingerprint density at radius 2 is 1.14 bits per heavy atom. The van der Waals surface area contributed by atoms with Crippen LogP contribution in [0.25, 0.3) is 5.57 Å². The van der Waals surface area contributed by atoms with Crippen molar-refractivity contribution >= 4 is 49.2 Å². The Balaban J connectivity index is 0.000000510. The van der Waals surface area contributed by atoms with Gasteiger partial charge in [0, 0.05) is 18.7 Å². The molecule has 0 spiro atoms. The molecule has 2 aromatic carbocycles. The lowest BCUT2D eigenvalue weighted by atomic mass is 9.99. The highest BCUT2D eigenvalue weighted by molar-refractivity contribution is 9.10. The summed E-state index contributed by atoms with van der Waals surface area (Å²) in [4.78, 5) is 2.52. The average Bonchev–Trinajstić information content (AvgIpc) is 2.51. The van der Waals surface area contributed by atoms with Crippen molar-refractivity contribution < 1.29 is 0 Å². The minimum atomic E-state index is 1.11. The molecule has 0 atom stereocenters. The van der Waals surface area contributed by atoms with Crippen LogP contribution in [0.5, 0.6) is 0 Å². The Kier molecular flexibility index (Phi) is 7.78. The molecule has 0 N–H and O–H groups in total. The van der Waals surface area contributed by atoms with Gasteiger partial charge in [0.25, 0.3) is 0 Å². The van der Waals surface area contributed by atoms with E-state index < -0.39 is 0 Å². The zero-order valence-electron chi connectivity index (χ0n) is 12.8. The number of halogens is 2. The number of benzene rings is 2. The van der Waals surface area contributed by atoms with Gasteiger partial charge in [0.15, 0.2) is 0 Å². The van der Waals surface area contributed by atoms with Gasteiger partial charge in [0.05, 0.1) is 0 Å². The molecule has 1 heterocycles. The van der Waals surface area contributed by atoms with Crippen LogP contribution >= 0.6 is 43.6 Å². The van der Waals surface area contributed by atoms with Gasteiger partial charge in [-0.25, -0.2) is 0 Å². The van der Waals surface area contributed by atoms with Gasteiger partial charge in [-0.3, -0.25) is 0 Å². The van der Waals surface area contributed by atoms with Gasteiger partial charge in [-0.1, -0.05) is 90.0 Å². The molecular weight excluding hydrogens is 408 g/mol. The molecule has 21 heavy (non-hydrogen) atoms. The summed E-state index contributed by atoms with van der Waals surface area (Å²) in [6, 6.07) is 12.7. The molecule has 0 saturated carbocycles. The lowest BCUT2D eigenvalue weighted by Gasteiger charge is -2.21. The first-order valence-corrected chi connectivity index (χ1v) is 9.52. The fourth-order valence-corrected chi connectivity index (χ4v) is 4.16. The summed E-state index contributed by atoms with van der Waals surface area (Å²) in [5.41, 5.74) is 3.56. The highest BCUT2D eigenvalue weighted by Crippen LogP contribution is 2.46. The van der Waals surface area contributed by atoms with Crippen LogP contribution in [-0.4, -0.2) is 0 Å². The number of hydrogen-bond acceptors (Lipinski definition) is 1. The van der Waals surface area contributed by atoms with E-state index in [9.17, 15) is 0 Å². The van der Waals surface area contributed by atoms with Gasteiger partial charge in [-0.2, -0.15) is 0 Å². The summed E-state index contributed by atoms with van der Waals surface area (Å²) in [5.74, 6) is 0. The summed E-state index contributed by atoms with van der Waals surface area (Å²) in [5, 5.41) is 0. The van der Waals surface area contributed by atoms with Crippen molar-refractivity contribution in [2.45, 2.75) is 37.5 Å². The first-order chi connectivity index (χ1) is 10.1. The standard InChI is InChI=1S/C14H8Br2S.2C2H6/c1-8-11-4-2-9(15)6-13(11)17-14-7-10(16)3-5-12(8)14;2*1-2/h2-7H,1H2;2*1-2H3. The predicted molar refractivity (Wildman–Crippen MR) is 103 cm³/mol. The molecule has 1 aliphatic rings. The van der Waals surface area contributed by atoms with E-state index in [4.69, 9.17) is 0 Å². The lowest BCUT2D eigenvalue weighted by Crippen LogP contribution is -1.97. The zero-order valence-corrected chi connectivity index (χ0v) is 16.8. The maximum atomic E-state index is 4.21. The van der Waals surface area contributed by atoms with E-state index in [1.165, 1.54) is 20.9 Å². The Bertz CT molecular complexity index is 580. The fourth-order valence-electron chi connectivity index (χ4n) is 1.92. The van der Waals surface area contributed by atoms with Crippen molar-refractivity contribution in [1.29, 1.82) is 0 Å². The van der Waals surface area contributed by atoms with Gasteiger partial charge in [0.1, 0.15) is 0 Å². The molecule has 0 aliphatic carbocycles. The molecule has 112 valence electrons. The van der Waals surface area contributed by atoms with Crippen LogP contribution in [-0.2, 0) is 0 Å². The summed E-state index contributed by atoms with van der Waals surface area (Å²) < 4.78 is 2.21. The molecule has 0 fully saturated rings. The van der Waals surface area contributed by atoms with Gasteiger partial charge in [-0.15, -0.1) is 0 Å². The van der Waals surface area contributed by atoms with Gasteiger partial charge < -0.3 is 0 Å². The quantitative estimate of drug-likeness (QED) is 0.352. The van der Waals surface area contributed by atoms with Crippen LogP contribution < -0.4 is 0 Å². The van der Waals surface area contributed by atoms with Gasteiger partial charge >= 0.3 is 0 Å². The highest BCUT2D eigenvalue weighted by atomic mass is 79.9. The molecule has 0 amide bonds. The summed E-state index contributed by atoms with van der Waals surface area (Å²) in [7, 11) is 0. The Morgan fingerprint density at radius 1 is 0.762 bits per heavy atom. The van der Waals surface area contributed by atoms with Crippen LogP contribution in [0.4, 0.5) is 0 Å². The molecule has 0 aromatic heterocycles. The number of rotatable bonds is 0. The Labute approximate surface area is 149 Å². The van der Waals surface area contributed by atoms with Crippen molar-refractivity contribution in [3.63, 3.8) is 0 Å². The van der Waals surface area contributed by atoms with E-state index in [-0.39, 0.29) is 0 Å². The molecule has 2 aromatic rings. The third-order valence-corrected chi connectivity index (χ3v) is 4.86. The normalized spacial score (nSPS) is 11.2. The second kappa shape index (κ2) is 8.82. The van der Waals surface area contributed by atoms with Crippen LogP contribution in [0.15, 0.2) is 61.7 Å². The van der Waals surface area contributed by atoms with Crippen molar-refractivity contribution in [2.24, 2.45) is 0 Å². The van der Waals surface area contributed by atoms with E-state index in [1.54, 1.807) is 11.8 Å². The molecule has 3 rings (SSSR count). The highest BCUT2D eigenvalue weighted by Gasteiger charge is 2.19. The molecule has 3 heteroatoms. The Morgan fingerprint density at radius 3 is 1.52 bits per heavy atom. The van der Waals surface area contributed by atoms with E-state index in [0.717, 1.165) is 14.5 Å². The topological polar surface area (TPSA) is 0 Å². The molecule has 0 radical (unpaired) electrons. The van der Waals surface area contributed by atoms with Crippen molar-refractivity contribution in [3.8, 4) is 0 Å². The average molecular weight is 428 g/mol. The molecule has 1 aliphatic heterocycles. The number of fused-ring (bicyclic) bond motifs is 2.